The summed E-state index contributed by atoms with van der Waals surface area (Å²) in [4.78, 5) is 29.6. The van der Waals surface area contributed by atoms with Crippen LogP contribution in [0.3, 0.4) is 0 Å². The van der Waals surface area contributed by atoms with E-state index in [0.717, 1.165) is 22.3 Å². The molecule has 0 aromatic heterocycles. The first kappa shape index (κ1) is 26.3. The fourth-order valence-corrected chi connectivity index (χ4v) is 6.61. The fourth-order valence-electron chi connectivity index (χ4n) is 6.36. The van der Waals surface area contributed by atoms with Gasteiger partial charge in [-0.15, -0.1) is 0 Å². The molecule has 2 unspecified atom stereocenters. The van der Waals surface area contributed by atoms with E-state index in [2.05, 4.69) is 0 Å². The van der Waals surface area contributed by atoms with Gasteiger partial charge >= 0.3 is 0 Å². The molecule has 4 aromatic rings. The molecule has 3 aliphatic rings. The molecular weight excluding hydrogens is 557 g/mol. The molecule has 0 aliphatic carbocycles. The van der Waals surface area contributed by atoms with E-state index in [9.17, 15) is 4.79 Å². The highest BCUT2D eigenvalue weighted by Crippen LogP contribution is 2.63. The molecule has 3 heterocycles. The Hall–Kier alpha value is -3.61. The van der Waals surface area contributed by atoms with Crippen LogP contribution < -0.4 is 0 Å². The van der Waals surface area contributed by atoms with E-state index < -0.39 is 16.8 Å². The van der Waals surface area contributed by atoms with Crippen molar-refractivity contribution in [2.45, 2.75) is 30.8 Å². The highest BCUT2D eigenvalue weighted by atomic mass is 35.5. The van der Waals surface area contributed by atoms with Crippen molar-refractivity contribution >= 4 is 34.9 Å². The van der Waals surface area contributed by atoms with Gasteiger partial charge in [0.25, 0.3) is 5.79 Å². The monoisotopic (exact) mass is 583 g/mol. The third kappa shape index (κ3) is 4.27. The van der Waals surface area contributed by atoms with E-state index in [1.807, 2.05) is 120 Å². The summed E-state index contributed by atoms with van der Waals surface area (Å²) in [6, 6.07) is 34.8. The highest BCUT2D eigenvalue weighted by molar-refractivity contribution is 6.30. The lowest BCUT2D eigenvalue weighted by Gasteiger charge is -2.55. The maximum Gasteiger partial charge on any atom is 0.260 e. The van der Waals surface area contributed by atoms with Gasteiger partial charge in [0.15, 0.2) is 5.60 Å². The molecule has 0 bridgehead atoms. The molecule has 0 radical (unpaired) electrons. The predicted molar refractivity (Wildman–Crippen MR) is 158 cm³/mol. The Morgan fingerprint density at radius 1 is 0.732 bits per heavy atom. The van der Waals surface area contributed by atoms with Crippen molar-refractivity contribution in [3.05, 3.63) is 148 Å². The zero-order valence-electron chi connectivity index (χ0n) is 22.1. The van der Waals surface area contributed by atoms with Crippen LogP contribution in [-0.4, -0.2) is 23.1 Å². The maximum atomic E-state index is 14.8. The minimum absolute atomic E-state index is 0.0610. The molecule has 0 saturated carbocycles. The van der Waals surface area contributed by atoms with Crippen LogP contribution in [0, 0.1) is 5.41 Å². The zero-order chi connectivity index (χ0) is 28.1. The molecule has 7 heteroatoms. The number of hydrogen-bond acceptors (Lipinski definition) is 4. The number of halogens is 2. The molecule has 5 nitrogen and oxygen atoms in total. The van der Waals surface area contributed by atoms with Crippen LogP contribution in [0.4, 0.5) is 0 Å². The number of nitrogens with zero attached hydrogens (tertiary/aromatic N) is 1. The summed E-state index contributed by atoms with van der Waals surface area (Å²) >= 11 is 12.6. The zero-order valence-corrected chi connectivity index (χ0v) is 23.6. The minimum atomic E-state index is -1.31. The SMILES string of the molecule is O=C1N(Cc2ccccc2)CCC23OOC(c4ccc(Cl)cc4)(c4ccc(Cl)cc4)CC12C=C(c1ccccc1)O3. The van der Waals surface area contributed by atoms with Gasteiger partial charge in [0, 0.05) is 41.5 Å². The van der Waals surface area contributed by atoms with E-state index in [1.165, 1.54) is 0 Å². The van der Waals surface area contributed by atoms with Crippen molar-refractivity contribution in [1.82, 2.24) is 4.90 Å². The lowest BCUT2D eigenvalue weighted by molar-refractivity contribution is -0.501. The Balaban J connectivity index is 1.40. The Kier molecular flexibility index (Phi) is 6.44. The van der Waals surface area contributed by atoms with Gasteiger partial charge in [-0.25, -0.2) is 4.89 Å². The molecular formula is C34H27Cl2NO4. The first-order chi connectivity index (χ1) is 19.9. The largest absolute Gasteiger partial charge is 0.458 e. The number of likely N-dealkylation sites (tertiary alicyclic amines) is 1. The second-order valence-electron chi connectivity index (χ2n) is 10.8. The van der Waals surface area contributed by atoms with Gasteiger partial charge < -0.3 is 9.64 Å². The van der Waals surface area contributed by atoms with Crippen LogP contribution in [0.5, 0.6) is 0 Å². The summed E-state index contributed by atoms with van der Waals surface area (Å²) in [6.07, 6.45) is 2.66. The summed E-state index contributed by atoms with van der Waals surface area (Å²) in [6.45, 7) is 0.950. The number of benzene rings is 4. The molecule has 2 atom stereocenters. The Labute approximate surface area is 248 Å². The second-order valence-corrected chi connectivity index (χ2v) is 11.7. The van der Waals surface area contributed by atoms with Gasteiger partial charge in [-0.3, -0.25) is 4.79 Å². The fraction of sp³-hybridized carbons (Fsp3) is 0.206. The summed E-state index contributed by atoms with van der Waals surface area (Å²) in [5, 5.41) is 1.20. The van der Waals surface area contributed by atoms with E-state index in [4.69, 9.17) is 37.7 Å². The number of ether oxygens (including phenoxy) is 1. The van der Waals surface area contributed by atoms with Gasteiger partial charge in [-0.05, 0) is 47.0 Å². The first-order valence-corrected chi connectivity index (χ1v) is 14.4. The smallest absolute Gasteiger partial charge is 0.260 e. The first-order valence-electron chi connectivity index (χ1n) is 13.6. The van der Waals surface area contributed by atoms with Crippen molar-refractivity contribution in [3.63, 3.8) is 0 Å². The molecule has 0 spiro atoms. The van der Waals surface area contributed by atoms with Crippen LogP contribution >= 0.6 is 23.2 Å². The van der Waals surface area contributed by atoms with E-state index >= 15 is 0 Å². The van der Waals surface area contributed by atoms with Crippen LogP contribution in [0.2, 0.25) is 10.0 Å². The number of amides is 1. The van der Waals surface area contributed by atoms with Crippen molar-refractivity contribution in [2.24, 2.45) is 5.41 Å². The number of carbonyl (C=O) groups is 1. The predicted octanol–water partition coefficient (Wildman–Crippen LogP) is 7.78. The lowest BCUT2D eigenvalue weighted by Crippen LogP contribution is -2.67. The highest BCUT2D eigenvalue weighted by Gasteiger charge is 2.72. The Bertz CT molecular complexity index is 1560. The quantitative estimate of drug-likeness (QED) is 0.225. The molecule has 2 fully saturated rings. The Morgan fingerprint density at radius 3 is 1.93 bits per heavy atom. The van der Waals surface area contributed by atoms with E-state index in [1.54, 1.807) is 0 Å². The molecule has 0 N–H and O–H groups in total. The number of piperidine rings is 1. The van der Waals surface area contributed by atoms with E-state index in [0.29, 0.717) is 35.3 Å². The summed E-state index contributed by atoms with van der Waals surface area (Å²) < 4.78 is 6.63. The van der Waals surface area contributed by atoms with Gasteiger partial charge in [0.05, 0.1) is 0 Å². The molecule has 41 heavy (non-hydrogen) atoms. The number of hydrogen-bond donors (Lipinski definition) is 0. The topological polar surface area (TPSA) is 48.0 Å². The number of carbonyl (C=O) groups excluding carboxylic acids is 1. The molecule has 2 saturated heterocycles. The normalized spacial score (nSPS) is 24.7. The summed E-state index contributed by atoms with van der Waals surface area (Å²) in [5.41, 5.74) is 1.23. The molecule has 7 rings (SSSR count). The summed E-state index contributed by atoms with van der Waals surface area (Å²) in [5.74, 6) is -0.772. The minimum Gasteiger partial charge on any atom is -0.458 e. The van der Waals surface area contributed by atoms with Crippen LogP contribution in [0.15, 0.2) is 115 Å². The van der Waals surface area contributed by atoms with Crippen LogP contribution in [-0.2, 0) is 31.5 Å². The second kappa shape index (κ2) is 10.0. The van der Waals surface area contributed by atoms with E-state index in [-0.39, 0.29) is 12.3 Å². The Morgan fingerprint density at radius 2 is 1.32 bits per heavy atom. The maximum absolute atomic E-state index is 14.8. The van der Waals surface area contributed by atoms with Crippen molar-refractivity contribution in [2.75, 3.05) is 6.54 Å². The van der Waals surface area contributed by atoms with Gasteiger partial charge in [-0.2, -0.15) is 4.89 Å². The van der Waals surface area contributed by atoms with Crippen LogP contribution in [0.25, 0.3) is 5.76 Å². The third-order valence-electron chi connectivity index (χ3n) is 8.45. The van der Waals surface area contributed by atoms with Gasteiger partial charge in [0.2, 0.25) is 5.91 Å². The third-order valence-corrected chi connectivity index (χ3v) is 8.96. The average Bonchev–Trinajstić information content (AvgIpc) is 3.37. The molecule has 206 valence electrons. The van der Waals surface area contributed by atoms with Gasteiger partial charge in [-0.1, -0.05) is 108 Å². The molecule has 1 amide bonds. The van der Waals surface area contributed by atoms with Crippen molar-refractivity contribution < 1.29 is 19.3 Å². The molecule has 4 aromatic carbocycles. The van der Waals surface area contributed by atoms with Crippen molar-refractivity contribution in [3.8, 4) is 0 Å². The van der Waals surface area contributed by atoms with Crippen LogP contribution in [0.1, 0.15) is 35.1 Å². The summed E-state index contributed by atoms with van der Waals surface area (Å²) in [7, 11) is 0. The average molecular weight is 584 g/mol. The van der Waals surface area contributed by atoms with Gasteiger partial charge in [0.1, 0.15) is 11.2 Å². The van der Waals surface area contributed by atoms with Crippen molar-refractivity contribution in [1.29, 1.82) is 0 Å². The standard InChI is InChI=1S/C34H27Cl2NO4/c35-28-15-11-26(12-16-28)33(27-13-17-29(36)18-14-27)23-32-21-30(25-9-5-2-6-10-25)39-34(32,41-40-33)19-20-37(31(32)38)22-24-7-3-1-4-8-24/h1-18,21H,19-20,22-23H2. The number of rotatable bonds is 5. The molecule has 3 aliphatic heterocycles. The lowest BCUT2D eigenvalue weighted by atomic mass is 9.64.